The van der Waals surface area contributed by atoms with Gasteiger partial charge >= 0.3 is 0 Å². The predicted octanol–water partition coefficient (Wildman–Crippen LogP) is 4.32. The number of benzene rings is 1. The first-order valence-electron chi connectivity index (χ1n) is 7.09. The van der Waals surface area contributed by atoms with Crippen molar-refractivity contribution in [1.29, 1.82) is 0 Å². The molecular formula is C17H16N2O3S. The van der Waals surface area contributed by atoms with E-state index in [-0.39, 0.29) is 5.91 Å². The van der Waals surface area contributed by atoms with Gasteiger partial charge in [0.05, 0.1) is 17.3 Å². The average molecular weight is 328 g/mol. The van der Waals surface area contributed by atoms with Crippen molar-refractivity contribution in [3.05, 3.63) is 53.3 Å². The van der Waals surface area contributed by atoms with E-state index < -0.39 is 0 Å². The highest BCUT2D eigenvalue weighted by molar-refractivity contribution is 7.15. The minimum Gasteiger partial charge on any atom is -0.489 e. The zero-order chi connectivity index (χ0) is 16.4. The predicted molar refractivity (Wildman–Crippen MR) is 91.4 cm³/mol. The lowest BCUT2D eigenvalue weighted by atomic mass is 10.1. The Kier molecular flexibility index (Phi) is 4.16. The molecule has 0 radical (unpaired) electrons. The summed E-state index contributed by atoms with van der Waals surface area (Å²) < 4.78 is 11.0. The van der Waals surface area contributed by atoms with Crippen LogP contribution in [0.3, 0.4) is 0 Å². The molecule has 0 fully saturated rings. The van der Waals surface area contributed by atoms with Gasteiger partial charge in [0.25, 0.3) is 5.91 Å². The largest absolute Gasteiger partial charge is 0.489 e. The molecule has 2 heterocycles. The first-order chi connectivity index (χ1) is 11.1. The van der Waals surface area contributed by atoms with E-state index in [9.17, 15) is 4.79 Å². The van der Waals surface area contributed by atoms with Crippen LogP contribution in [0.4, 0.5) is 5.13 Å². The third-order valence-electron chi connectivity index (χ3n) is 3.40. The van der Waals surface area contributed by atoms with Crippen molar-refractivity contribution in [2.24, 2.45) is 0 Å². The number of carbonyl (C=O) groups is 1. The van der Waals surface area contributed by atoms with E-state index in [0.717, 1.165) is 16.0 Å². The van der Waals surface area contributed by atoms with Gasteiger partial charge in [-0.25, -0.2) is 4.98 Å². The molecule has 2 aromatic heterocycles. The number of nitrogens with one attached hydrogen (secondary N) is 1. The molecule has 0 aliphatic rings. The molecule has 6 heteroatoms. The first kappa shape index (κ1) is 15.3. The lowest BCUT2D eigenvalue weighted by molar-refractivity contribution is 0.102. The topological polar surface area (TPSA) is 64.4 Å². The van der Waals surface area contributed by atoms with Crippen molar-refractivity contribution in [1.82, 2.24) is 4.98 Å². The van der Waals surface area contributed by atoms with E-state index in [4.69, 9.17) is 9.15 Å². The van der Waals surface area contributed by atoms with Crippen LogP contribution in [0.2, 0.25) is 0 Å². The first-order valence-corrected chi connectivity index (χ1v) is 7.90. The Morgan fingerprint density at radius 2 is 2.30 bits per heavy atom. The van der Waals surface area contributed by atoms with Crippen molar-refractivity contribution >= 4 is 33.3 Å². The number of hydrogen-bond acceptors (Lipinski definition) is 5. The molecule has 118 valence electrons. The maximum atomic E-state index is 12.5. The monoisotopic (exact) mass is 328 g/mol. The zero-order valence-electron chi connectivity index (χ0n) is 12.9. The van der Waals surface area contributed by atoms with E-state index in [1.54, 1.807) is 24.5 Å². The lowest BCUT2D eigenvalue weighted by Crippen LogP contribution is -2.12. The Bertz CT molecular complexity index is 860. The summed E-state index contributed by atoms with van der Waals surface area (Å²) in [5, 5.41) is 4.22. The summed E-state index contributed by atoms with van der Waals surface area (Å²) in [4.78, 5) is 17.9. The minimum atomic E-state index is -0.250. The normalized spacial score (nSPS) is 10.7. The van der Waals surface area contributed by atoms with E-state index in [1.807, 2.05) is 19.9 Å². The van der Waals surface area contributed by atoms with Gasteiger partial charge < -0.3 is 9.15 Å². The Balaban J connectivity index is 1.91. The smallest absolute Gasteiger partial charge is 0.257 e. The van der Waals surface area contributed by atoms with Gasteiger partial charge in [0, 0.05) is 10.4 Å². The maximum Gasteiger partial charge on any atom is 0.257 e. The van der Waals surface area contributed by atoms with Crippen LogP contribution < -0.4 is 10.1 Å². The second-order valence-corrected chi connectivity index (χ2v) is 6.22. The number of aryl methyl sites for hydroxylation is 2. The molecule has 23 heavy (non-hydrogen) atoms. The fraction of sp³-hybridized carbons (Fsp3) is 0.176. The van der Waals surface area contributed by atoms with E-state index in [0.29, 0.717) is 28.6 Å². The molecule has 0 aliphatic carbocycles. The molecule has 3 rings (SSSR count). The van der Waals surface area contributed by atoms with Crippen LogP contribution in [-0.4, -0.2) is 17.5 Å². The molecule has 1 N–H and O–H groups in total. The summed E-state index contributed by atoms with van der Waals surface area (Å²) in [6.45, 7) is 7.88. The molecule has 0 atom stereocenters. The zero-order valence-corrected chi connectivity index (χ0v) is 13.7. The van der Waals surface area contributed by atoms with Crippen LogP contribution in [0, 0.1) is 13.8 Å². The Hall–Kier alpha value is -2.60. The van der Waals surface area contributed by atoms with Crippen LogP contribution >= 0.6 is 11.3 Å². The third kappa shape index (κ3) is 3.12. The Morgan fingerprint density at radius 1 is 1.48 bits per heavy atom. The van der Waals surface area contributed by atoms with Gasteiger partial charge in [-0.15, -0.1) is 11.3 Å². The van der Waals surface area contributed by atoms with Crippen molar-refractivity contribution in [2.75, 3.05) is 11.9 Å². The molecule has 5 nitrogen and oxygen atoms in total. The van der Waals surface area contributed by atoms with Crippen LogP contribution in [0.15, 0.2) is 41.5 Å². The van der Waals surface area contributed by atoms with Crippen molar-refractivity contribution in [2.45, 2.75) is 13.8 Å². The van der Waals surface area contributed by atoms with Gasteiger partial charge in [0.15, 0.2) is 5.13 Å². The molecule has 0 bridgehead atoms. The van der Waals surface area contributed by atoms with Gasteiger partial charge in [-0.1, -0.05) is 12.7 Å². The summed E-state index contributed by atoms with van der Waals surface area (Å²) in [5.74, 6) is 0.341. The fourth-order valence-electron chi connectivity index (χ4n) is 2.13. The molecular weight excluding hydrogens is 312 g/mol. The van der Waals surface area contributed by atoms with Crippen LogP contribution in [-0.2, 0) is 0 Å². The lowest BCUT2D eigenvalue weighted by Gasteiger charge is -2.07. The second-order valence-electron chi connectivity index (χ2n) is 5.02. The third-order valence-corrected chi connectivity index (χ3v) is 4.39. The highest BCUT2D eigenvalue weighted by Crippen LogP contribution is 2.29. The van der Waals surface area contributed by atoms with E-state index in [1.165, 1.54) is 11.3 Å². The summed E-state index contributed by atoms with van der Waals surface area (Å²) in [6.07, 6.45) is 3.22. The number of fused-ring (bicyclic) bond motifs is 1. The number of carbonyl (C=O) groups excluding carboxylic acids is 1. The van der Waals surface area contributed by atoms with Crippen molar-refractivity contribution < 1.29 is 13.9 Å². The number of furan rings is 1. The summed E-state index contributed by atoms with van der Waals surface area (Å²) in [5.41, 5.74) is 1.97. The van der Waals surface area contributed by atoms with Gasteiger partial charge in [-0.2, -0.15) is 0 Å². The van der Waals surface area contributed by atoms with Crippen LogP contribution in [0.5, 0.6) is 5.75 Å². The maximum absolute atomic E-state index is 12.5. The molecule has 3 aromatic rings. The number of amides is 1. The van der Waals surface area contributed by atoms with Crippen LogP contribution in [0.25, 0.3) is 11.0 Å². The van der Waals surface area contributed by atoms with Gasteiger partial charge in [0.2, 0.25) is 0 Å². The molecule has 1 aromatic carbocycles. The number of nitrogens with zero attached hydrogens (tertiary/aromatic N) is 1. The number of rotatable bonds is 5. The summed E-state index contributed by atoms with van der Waals surface area (Å²) in [6, 6.07) is 5.20. The van der Waals surface area contributed by atoms with Crippen molar-refractivity contribution in [3.8, 4) is 5.75 Å². The number of thiazole rings is 1. The highest BCUT2D eigenvalue weighted by atomic mass is 32.1. The average Bonchev–Trinajstić information content (AvgIpc) is 3.11. The van der Waals surface area contributed by atoms with E-state index in [2.05, 4.69) is 16.9 Å². The molecule has 0 aliphatic heterocycles. The summed E-state index contributed by atoms with van der Waals surface area (Å²) >= 11 is 1.45. The Morgan fingerprint density at radius 3 is 3.00 bits per heavy atom. The number of ether oxygens (including phenoxy) is 1. The second kappa shape index (κ2) is 6.26. The van der Waals surface area contributed by atoms with Gasteiger partial charge in [-0.05, 0) is 32.0 Å². The summed E-state index contributed by atoms with van der Waals surface area (Å²) in [7, 11) is 0. The number of aromatic nitrogens is 1. The minimum absolute atomic E-state index is 0.250. The number of hydrogen-bond donors (Lipinski definition) is 1. The number of anilines is 1. The van der Waals surface area contributed by atoms with Gasteiger partial charge in [0.1, 0.15) is 17.9 Å². The standard InChI is InChI=1S/C17H16N2O3S/c1-4-6-21-14-8-12(9-15-13(14)5-7-22-15)16(20)19-17-18-10(2)11(3)23-17/h4-5,7-9H,1,6H2,2-3H3,(H,18,19,20). The molecule has 0 saturated heterocycles. The van der Waals surface area contributed by atoms with Crippen molar-refractivity contribution in [3.63, 3.8) is 0 Å². The van der Waals surface area contributed by atoms with Gasteiger partial charge in [-0.3, -0.25) is 10.1 Å². The highest BCUT2D eigenvalue weighted by Gasteiger charge is 2.15. The molecule has 0 saturated carbocycles. The molecule has 0 spiro atoms. The molecule has 1 amide bonds. The quantitative estimate of drug-likeness (QED) is 0.708. The fourth-order valence-corrected chi connectivity index (χ4v) is 2.94. The SMILES string of the molecule is C=CCOc1cc(C(=O)Nc2nc(C)c(C)s2)cc2occc12. The molecule has 0 unspecified atom stereocenters. The van der Waals surface area contributed by atoms with E-state index >= 15 is 0 Å². The van der Waals surface area contributed by atoms with Crippen LogP contribution in [0.1, 0.15) is 20.9 Å². The Labute approximate surface area is 137 Å².